The lowest BCUT2D eigenvalue weighted by Crippen LogP contribution is -2.36. The molecule has 0 atom stereocenters. The van der Waals surface area contributed by atoms with Gasteiger partial charge in [-0.05, 0) is 30.5 Å². The number of fused-ring (bicyclic) bond motifs is 1. The molecule has 1 aliphatic heterocycles. The fraction of sp³-hybridized carbons (Fsp3) is 0.267. The molecule has 21 heavy (non-hydrogen) atoms. The molecule has 0 aliphatic carbocycles. The number of benzene rings is 1. The first-order valence-electron chi connectivity index (χ1n) is 6.80. The molecule has 1 aromatic heterocycles. The molecule has 0 spiro atoms. The topological polar surface area (TPSA) is 66.1 Å². The van der Waals surface area contributed by atoms with E-state index >= 15 is 0 Å². The second-order valence-electron chi connectivity index (χ2n) is 4.81. The highest BCUT2D eigenvalue weighted by Crippen LogP contribution is 2.27. The van der Waals surface area contributed by atoms with E-state index in [0.717, 1.165) is 25.1 Å². The molecule has 0 saturated carbocycles. The summed E-state index contributed by atoms with van der Waals surface area (Å²) in [6.07, 6.45) is 3.45. The number of hydrogen-bond acceptors (Lipinski definition) is 4. The smallest absolute Gasteiger partial charge is 0.311 e. The molecule has 2 aromatic rings. The van der Waals surface area contributed by atoms with Crippen LogP contribution in [-0.2, 0) is 11.2 Å². The van der Waals surface area contributed by atoms with Crippen molar-refractivity contribution in [3.63, 3.8) is 0 Å². The minimum atomic E-state index is -0.393. The van der Waals surface area contributed by atoms with Crippen LogP contribution in [0.3, 0.4) is 0 Å². The summed E-state index contributed by atoms with van der Waals surface area (Å²) in [7, 11) is 0. The molecule has 6 heteroatoms. The van der Waals surface area contributed by atoms with Gasteiger partial charge in [-0.3, -0.25) is 4.79 Å². The van der Waals surface area contributed by atoms with Crippen molar-refractivity contribution >= 4 is 23.4 Å². The maximum absolute atomic E-state index is 12.4. The average Bonchev–Trinajstić information content (AvgIpc) is 2.52. The minimum absolute atomic E-state index is 0.0600. The monoisotopic (exact) mass is 301 g/mol. The lowest BCUT2D eigenvalue weighted by Gasteiger charge is -2.29. The fourth-order valence-corrected chi connectivity index (χ4v) is 3.20. The number of thioether (sulfide) groups is 1. The maximum atomic E-state index is 12.4. The molecule has 1 aliphatic rings. The van der Waals surface area contributed by atoms with Crippen molar-refractivity contribution < 1.29 is 4.79 Å². The van der Waals surface area contributed by atoms with Gasteiger partial charge in [0, 0.05) is 18.4 Å². The van der Waals surface area contributed by atoms with Crippen LogP contribution in [0.5, 0.6) is 0 Å². The van der Waals surface area contributed by atoms with E-state index < -0.39 is 5.69 Å². The van der Waals surface area contributed by atoms with E-state index in [0.29, 0.717) is 10.8 Å². The van der Waals surface area contributed by atoms with Gasteiger partial charge in [-0.2, -0.15) is 0 Å². The highest BCUT2D eigenvalue weighted by molar-refractivity contribution is 7.99. The Morgan fingerprint density at radius 2 is 2.19 bits per heavy atom. The number of amides is 1. The Labute approximate surface area is 126 Å². The summed E-state index contributed by atoms with van der Waals surface area (Å²) < 4.78 is 0. The number of carbonyl (C=O) groups is 1. The fourth-order valence-electron chi connectivity index (χ4n) is 2.45. The Morgan fingerprint density at radius 1 is 1.33 bits per heavy atom. The molecule has 1 aromatic carbocycles. The van der Waals surface area contributed by atoms with Crippen molar-refractivity contribution in [2.45, 2.75) is 17.9 Å². The maximum Gasteiger partial charge on any atom is 0.345 e. The number of para-hydroxylation sites is 1. The molecule has 2 heterocycles. The van der Waals surface area contributed by atoms with Gasteiger partial charge < -0.3 is 9.88 Å². The van der Waals surface area contributed by atoms with Crippen LogP contribution in [0.2, 0.25) is 0 Å². The lowest BCUT2D eigenvalue weighted by molar-refractivity contribution is -0.116. The Balaban J connectivity index is 1.71. The summed E-state index contributed by atoms with van der Waals surface area (Å²) in [6.45, 7) is 0.753. The van der Waals surface area contributed by atoms with Crippen molar-refractivity contribution in [2.75, 3.05) is 17.2 Å². The van der Waals surface area contributed by atoms with Gasteiger partial charge in [-0.25, -0.2) is 9.78 Å². The molecule has 0 radical (unpaired) electrons. The van der Waals surface area contributed by atoms with Gasteiger partial charge in [0.05, 0.1) is 10.8 Å². The first-order chi connectivity index (χ1) is 10.2. The quantitative estimate of drug-likeness (QED) is 0.694. The van der Waals surface area contributed by atoms with Gasteiger partial charge in [0.2, 0.25) is 5.91 Å². The number of aryl methyl sites for hydroxylation is 1. The third-order valence-corrected chi connectivity index (χ3v) is 4.35. The average molecular weight is 301 g/mol. The van der Waals surface area contributed by atoms with Crippen molar-refractivity contribution in [1.82, 2.24) is 9.97 Å². The Morgan fingerprint density at radius 3 is 3.05 bits per heavy atom. The minimum Gasteiger partial charge on any atom is -0.311 e. The summed E-state index contributed by atoms with van der Waals surface area (Å²) in [5.74, 6) is 0.360. The summed E-state index contributed by atoms with van der Waals surface area (Å²) in [5.41, 5.74) is 1.84. The van der Waals surface area contributed by atoms with Crippen LogP contribution in [0, 0.1) is 0 Å². The van der Waals surface area contributed by atoms with Crippen LogP contribution in [0.25, 0.3) is 0 Å². The second-order valence-corrected chi connectivity index (χ2v) is 5.82. The SMILES string of the molecule is O=C(CSc1ccnc(=O)[nH]1)N1CCCc2ccccc21. The summed E-state index contributed by atoms with van der Waals surface area (Å²) >= 11 is 1.32. The van der Waals surface area contributed by atoms with E-state index in [4.69, 9.17) is 0 Å². The number of rotatable bonds is 3. The summed E-state index contributed by atoms with van der Waals surface area (Å²) in [4.78, 5) is 31.6. The highest BCUT2D eigenvalue weighted by Gasteiger charge is 2.21. The first kappa shape index (κ1) is 13.9. The molecule has 5 nitrogen and oxygen atoms in total. The van der Waals surface area contributed by atoms with Gasteiger partial charge in [-0.1, -0.05) is 30.0 Å². The molecule has 3 rings (SSSR count). The van der Waals surface area contributed by atoms with Crippen LogP contribution in [0.15, 0.2) is 46.3 Å². The third-order valence-electron chi connectivity index (χ3n) is 3.41. The Kier molecular flexibility index (Phi) is 4.06. The largest absolute Gasteiger partial charge is 0.345 e. The van der Waals surface area contributed by atoms with E-state index in [2.05, 4.69) is 16.0 Å². The second kappa shape index (κ2) is 6.13. The molecular weight excluding hydrogens is 286 g/mol. The zero-order valence-electron chi connectivity index (χ0n) is 11.4. The lowest BCUT2D eigenvalue weighted by atomic mass is 10.0. The summed E-state index contributed by atoms with van der Waals surface area (Å²) in [6, 6.07) is 9.72. The van der Waals surface area contributed by atoms with E-state index in [-0.39, 0.29) is 5.91 Å². The number of nitrogens with zero attached hydrogens (tertiary/aromatic N) is 2. The van der Waals surface area contributed by atoms with E-state index in [1.807, 2.05) is 23.1 Å². The molecule has 1 amide bonds. The van der Waals surface area contributed by atoms with E-state index in [9.17, 15) is 9.59 Å². The van der Waals surface area contributed by atoms with E-state index in [1.54, 1.807) is 6.07 Å². The van der Waals surface area contributed by atoms with Crippen molar-refractivity contribution in [1.29, 1.82) is 0 Å². The zero-order valence-corrected chi connectivity index (χ0v) is 12.2. The van der Waals surface area contributed by atoms with Crippen LogP contribution < -0.4 is 10.6 Å². The third kappa shape index (κ3) is 3.16. The molecule has 1 N–H and O–H groups in total. The van der Waals surface area contributed by atoms with Crippen molar-refractivity contribution in [3.05, 3.63) is 52.6 Å². The standard InChI is InChI=1S/C15H15N3O2S/c19-14(10-21-13-7-8-16-15(20)17-13)18-9-3-5-11-4-1-2-6-12(11)18/h1-2,4,6-8H,3,5,9-10H2,(H,16,17,20). The normalized spacial score (nSPS) is 13.8. The number of aromatic amines is 1. The molecule has 0 unspecified atom stereocenters. The highest BCUT2D eigenvalue weighted by atomic mass is 32.2. The first-order valence-corrected chi connectivity index (χ1v) is 7.79. The predicted molar refractivity (Wildman–Crippen MR) is 82.7 cm³/mol. The number of anilines is 1. The van der Waals surface area contributed by atoms with Crippen molar-refractivity contribution in [2.24, 2.45) is 0 Å². The molecule has 108 valence electrons. The number of nitrogens with one attached hydrogen (secondary N) is 1. The molecule has 0 fully saturated rings. The van der Waals surface area contributed by atoms with Crippen LogP contribution in [0.4, 0.5) is 5.69 Å². The number of aromatic nitrogens is 2. The molecular formula is C15H15N3O2S. The molecule has 0 bridgehead atoms. The van der Waals surface area contributed by atoms with Gasteiger partial charge in [0.1, 0.15) is 0 Å². The Hall–Kier alpha value is -2.08. The molecule has 0 saturated heterocycles. The Bertz CT molecular complexity index is 714. The van der Waals surface area contributed by atoms with Gasteiger partial charge >= 0.3 is 5.69 Å². The van der Waals surface area contributed by atoms with Gasteiger partial charge in [0.15, 0.2) is 0 Å². The van der Waals surface area contributed by atoms with E-state index in [1.165, 1.54) is 23.5 Å². The van der Waals surface area contributed by atoms with Gasteiger partial charge in [0.25, 0.3) is 0 Å². The summed E-state index contributed by atoms with van der Waals surface area (Å²) in [5, 5.41) is 0.661. The zero-order chi connectivity index (χ0) is 14.7. The number of H-pyrrole nitrogens is 1. The van der Waals surface area contributed by atoms with Gasteiger partial charge in [-0.15, -0.1) is 0 Å². The van der Waals surface area contributed by atoms with Crippen molar-refractivity contribution in [3.8, 4) is 0 Å². The van der Waals surface area contributed by atoms with Crippen LogP contribution in [-0.4, -0.2) is 28.2 Å². The number of hydrogen-bond donors (Lipinski definition) is 1. The number of carbonyl (C=O) groups excluding carboxylic acids is 1. The van der Waals surface area contributed by atoms with Crippen LogP contribution >= 0.6 is 11.8 Å². The van der Waals surface area contributed by atoms with Crippen LogP contribution in [0.1, 0.15) is 12.0 Å². The predicted octanol–water partition coefficient (Wildman–Crippen LogP) is 1.84.